The van der Waals surface area contributed by atoms with Crippen molar-refractivity contribution in [3.05, 3.63) is 94.8 Å². The van der Waals surface area contributed by atoms with E-state index in [-0.39, 0.29) is 97.4 Å². The summed E-state index contributed by atoms with van der Waals surface area (Å²) in [4.78, 5) is 44.5. The van der Waals surface area contributed by atoms with E-state index in [4.69, 9.17) is 4.74 Å². The molecule has 2 N–H and O–H groups in total. The zero-order valence-corrected chi connectivity index (χ0v) is 19.2. The van der Waals surface area contributed by atoms with Gasteiger partial charge >= 0.3 is 76.5 Å². The summed E-state index contributed by atoms with van der Waals surface area (Å²) in [5, 5.41) is 43.0. The Morgan fingerprint density at radius 3 is 2.29 bits per heavy atom. The Bertz CT molecular complexity index is 1360. The van der Waals surface area contributed by atoms with Gasteiger partial charge in [0.25, 0.3) is 5.78 Å². The van der Waals surface area contributed by atoms with Gasteiger partial charge in [0, 0.05) is 29.2 Å². The molecule has 0 aromatic heterocycles. The number of carboxylic acids is 1. The minimum atomic E-state index is -1.30. The zero-order valence-electron chi connectivity index (χ0n) is 16.0. The fraction of sp³-hybridized carbons (Fsp3) is 0.100. The van der Waals surface area contributed by atoms with Crippen molar-refractivity contribution in [2.45, 2.75) is 10.7 Å². The van der Waals surface area contributed by atoms with E-state index in [0.29, 0.717) is 0 Å². The average Bonchev–Trinajstić information content (AvgIpc) is 2.77. The first kappa shape index (κ1) is 29.6. The van der Waals surface area contributed by atoms with E-state index in [1.165, 1.54) is 18.2 Å². The molecule has 172 valence electrons. The number of benzene rings is 2. The topological polar surface area (TPSA) is 170 Å². The molecule has 0 amide bonds. The van der Waals surface area contributed by atoms with Gasteiger partial charge in [-0.15, -0.1) is 0 Å². The van der Waals surface area contributed by atoms with Crippen LogP contribution in [0.2, 0.25) is 0 Å². The van der Waals surface area contributed by atoms with Crippen molar-refractivity contribution >= 4 is 108 Å². The number of allylic oxidation sites excluding steroid dienone is 4. The molecular weight excluding hydrogens is 618 g/mol. The van der Waals surface area contributed by atoms with Gasteiger partial charge in [-0.05, 0) is 27.6 Å². The van der Waals surface area contributed by atoms with E-state index in [2.05, 4.69) is 31.9 Å². The molecule has 2 aromatic rings. The first-order valence-corrected chi connectivity index (χ1v) is 10.7. The van der Waals surface area contributed by atoms with E-state index < -0.39 is 49.5 Å². The van der Waals surface area contributed by atoms with Gasteiger partial charge in [0.1, 0.15) is 20.8 Å². The number of phenols is 1. The van der Waals surface area contributed by atoms with Crippen LogP contribution in [0, 0.1) is 20.2 Å². The molecule has 35 heavy (non-hydrogen) atoms. The van der Waals surface area contributed by atoms with Gasteiger partial charge in [-0.1, -0.05) is 34.1 Å². The molecule has 0 saturated carbocycles. The molecule has 2 aromatic carbocycles. The van der Waals surface area contributed by atoms with Crippen molar-refractivity contribution in [3.63, 3.8) is 0 Å². The van der Waals surface area contributed by atoms with E-state index in [0.717, 1.165) is 12.1 Å². The number of aromatic hydroxyl groups is 1. The van der Waals surface area contributed by atoms with Gasteiger partial charge in [-0.2, -0.15) is 0 Å². The molecule has 2 aliphatic rings. The quantitative estimate of drug-likeness (QED) is 0.223. The van der Waals surface area contributed by atoms with Crippen LogP contribution in [0.4, 0.5) is 5.69 Å². The monoisotopic (exact) mass is 628 g/mol. The van der Waals surface area contributed by atoms with Gasteiger partial charge in [0.05, 0.1) is 15.4 Å². The molecule has 1 heterocycles. The number of ketones is 1. The third-order valence-electron chi connectivity index (χ3n) is 5.22. The maximum atomic E-state index is 12.5. The summed E-state index contributed by atoms with van der Waals surface area (Å²) in [6.07, 6.45) is 0.980. The number of ether oxygens (including phenoxy) is 1. The molecule has 0 radical (unpaired) electrons. The number of nitro benzene ring substituents is 1. The maximum absolute atomic E-state index is 12.5. The SMILES string of the molecule is O=C(O)c1ccccc1C1C2=C(Oc3c1cc([N+](=O)[O-])c(O)c3Br)C(Br)C(=O)C([N+](=O)[O-])=C2.[NaH].[NaH]. The molecule has 11 nitrogen and oxygen atoms in total. The van der Waals surface area contributed by atoms with E-state index in [1.807, 2.05) is 0 Å². The summed E-state index contributed by atoms with van der Waals surface area (Å²) in [6.45, 7) is 0. The number of rotatable bonds is 4. The van der Waals surface area contributed by atoms with Crippen molar-refractivity contribution in [2.75, 3.05) is 0 Å². The second kappa shape index (κ2) is 11.2. The number of aromatic carboxylic acids is 1. The molecule has 0 fully saturated rings. The number of carboxylic acid groups (broad SMARTS) is 1. The Morgan fingerprint density at radius 2 is 1.71 bits per heavy atom. The van der Waals surface area contributed by atoms with Gasteiger partial charge in [-0.25, -0.2) is 4.79 Å². The standard InChI is InChI=1S/C20H10Br2N2O9.2Na.2H/c21-14-16(25)11(23(29)30)5-9-13(7-3-1-2-4-8(7)20(27)28)10-6-12(24(31)32)17(26)15(22)19(10)33-18(9)14;;;;/h1-6,13-14,26H,(H,27,28);;;;. The van der Waals surface area contributed by atoms with Crippen LogP contribution in [0.1, 0.15) is 27.4 Å². The van der Waals surface area contributed by atoms with Crippen molar-refractivity contribution in [3.8, 4) is 11.5 Å². The van der Waals surface area contributed by atoms with Crippen LogP contribution in [0.25, 0.3) is 0 Å². The average molecular weight is 630 g/mol. The Kier molecular flexibility index (Phi) is 9.50. The number of carbonyl (C=O) groups excluding carboxylic acids is 1. The molecule has 2 unspecified atom stereocenters. The first-order chi connectivity index (χ1) is 15.5. The van der Waals surface area contributed by atoms with Gasteiger partial charge in [-0.3, -0.25) is 25.0 Å². The molecular formula is C20H12Br2N2Na2O9. The van der Waals surface area contributed by atoms with Gasteiger partial charge < -0.3 is 14.9 Å². The van der Waals surface area contributed by atoms with Crippen LogP contribution >= 0.6 is 31.9 Å². The number of alkyl halides is 1. The Balaban J connectivity index is 0.00000216. The predicted molar refractivity (Wildman–Crippen MR) is 132 cm³/mol. The summed E-state index contributed by atoms with van der Waals surface area (Å²) in [5.74, 6) is -4.17. The Hall–Kier alpha value is -1.58. The number of carbonyl (C=O) groups is 2. The summed E-state index contributed by atoms with van der Waals surface area (Å²) in [6, 6.07) is 6.81. The van der Waals surface area contributed by atoms with Crippen LogP contribution in [0.5, 0.6) is 11.5 Å². The number of fused-ring (bicyclic) bond motifs is 1. The summed E-state index contributed by atoms with van der Waals surface area (Å²) >= 11 is 6.18. The van der Waals surface area contributed by atoms with E-state index >= 15 is 0 Å². The predicted octanol–water partition coefficient (Wildman–Crippen LogP) is 2.75. The summed E-state index contributed by atoms with van der Waals surface area (Å²) in [5.41, 5.74) is -1.29. The fourth-order valence-electron chi connectivity index (χ4n) is 3.80. The molecule has 2 atom stereocenters. The summed E-state index contributed by atoms with van der Waals surface area (Å²) < 4.78 is 5.63. The number of nitro groups is 2. The third kappa shape index (κ3) is 5.01. The molecule has 15 heteroatoms. The van der Waals surface area contributed by atoms with Crippen LogP contribution in [-0.4, -0.2) is 95.8 Å². The molecule has 1 aliphatic carbocycles. The number of nitrogens with zero attached hydrogens (tertiary/aromatic N) is 2. The van der Waals surface area contributed by atoms with Crippen LogP contribution in [0.3, 0.4) is 0 Å². The number of phenolic OH excluding ortho intramolecular Hbond substituents is 1. The first-order valence-electron chi connectivity index (χ1n) is 9.02. The number of hydrogen-bond donors (Lipinski definition) is 2. The van der Waals surface area contributed by atoms with Crippen LogP contribution < -0.4 is 4.74 Å². The van der Waals surface area contributed by atoms with Crippen LogP contribution in [-0.2, 0) is 4.79 Å². The number of Topliss-reactive ketones (excluding diaryl/α,β-unsaturated/α-hetero) is 1. The van der Waals surface area contributed by atoms with Gasteiger partial charge in [0.2, 0.25) is 5.75 Å². The third-order valence-corrected chi connectivity index (χ3v) is 6.79. The van der Waals surface area contributed by atoms with Gasteiger partial charge in [0.15, 0.2) is 0 Å². The molecule has 1 aliphatic heterocycles. The summed E-state index contributed by atoms with van der Waals surface area (Å²) in [7, 11) is 0. The normalized spacial score (nSPS) is 18.1. The molecule has 4 rings (SSSR count). The zero-order chi connectivity index (χ0) is 24.2. The molecule has 0 spiro atoms. The number of halogens is 2. The minimum absolute atomic E-state index is 0. The van der Waals surface area contributed by atoms with E-state index in [1.54, 1.807) is 6.07 Å². The van der Waals surface area contributed by atoms with Crippen molar-refractivity contribution < 1.29 is 34.4 Å². The molecule has 0 saturated heterocycles. The Labute approximate surface area is 257 Å². The van der Waals surface area contributed by atoms with E-state index in [9.17, 15) is 40.0 Å². The van der Waals surface area contributed by atoms with Crippen molar-refractivity contribution in [1.82, 2.24) is 0 Å². The molecule has 0 bridgehead atoms. The second-order valence-corrected chi connectivity index (χ2v) is 8.70. The van der Waals surface area contributed by atoms with Crippen molar-refractivity contribution in [1.29, 1.82) is 0 Å². The van der Waals surface area contributed by atoms with Crippen molar-refractivity contribution in [2.24, 2.45) is 0 Å². The Morgan fingerprint density at radius 1 is 1.09 bits per heavy atom. The number of hydrogen-bond acceptors (Lipinski definition) is 8. The fourth-order valence-corrected chi connectivity index (χ4v) is 4.91. The second-order valence-electron chi connectivity index (χ2n) is 6.99. The van der Waals surface area contributed by atoms with Crippen LogP contribution in [0.15, 0.2) is 57.9 Å².